The second-order valence-corrected chi connectivity index (χ2v) is 4.38. The van der Waals surface area contributed by atoms with Gasteiger partial charge >= 0.3 is 5.97 Å². The molecule has 0 radical (unpaired) electrons. The molecule has 2 aromatic carbocycles. The van der Waals surface area contributed by atoms with Crippen LogP contribution >= 0.6 is 11.6 Å². The second-order valence-electron chi connectivity index (χ2n) is 3.97. The molecule has 6 heteroatoms. The topological polar surface area (TPSA) is 46.5 Å². The van der Waals surface area contributed by atoms with E-state index >= 15 is 0 Å². The van der Waals surface area contributed by atoms with Gasteiger partial charge in [-0.05, 0) is 24.3 Å². The molecule has 1 N–H and O–H groups in total. The summed E-state index contributed by atoms with van der Waals surface area (Å²) in [5.74, 6) is -2.45. The van der Waals surface area contributed by atoms with Crippen molar-refractivity contribution in [2.75, 3.05) is 0 Å². The fraction of sp³-hybridized carbons (Fsp3) is 0.0714. The first-order valence-corrected chi connectivity index (χ1v) is 5.95. The number of carboxylic acid groups (broad SMARTS) is 1. The number of hydrogen-bond acceptors (Lipinski definition) is 2. The van der Waals surface area contributed by atoms with Crippen molar-refractivity contribution < 1.29 is 23.4 Å². The fourth-order valence-electron chi connectivity index (χ4n) is 1.59. The molecule has 0 amide bonds. The van der Waals surface area contributed by atoms with Crippen LogP contribution in [0.3, 0.4) is 0 Å². The van der Waals surface area contributed by atoms with Gasteiger partial charge in [-0.2, -0.15) is 0 Å². The smallest absolute Gasteiger partial charge is 0.339 e. The van der Waals surface area contributed by atoms with Crippen LogP contribution < -0.4 is 4.74 Å². The molecule has 0 unspecified atom stereocenters. The molecule has 0 atom stereocenters. The zero-order valence-electron chi connectivity index (χ0n) is 10.1. The molecule has 104 valence electrons. The molecule has 0 aliphatic rings. The average molecular weight is 299 g/mol. The lowest BCUT2D eigenvalue weighted by Crippen LogP contribution is -2.04. The fourth-order valence-corrected chi connectivity index (χ4v) is 1.81. The number of carbonyl (C=O) groups is 1. The zero-order valence-corrected chi connectivity index (χ0v) is 10.8. The molecular weight excluding hydrogens is 290 g/mol. The lowest BCUT2D eigenvalue weighted by Gasteiger charge is -2.10. The Morgan fingerprint density at radius 3 is 2.45 bits per heavy atom. The molecule has 0 spiro atoms. The third kappa shape index (κ3) is 3.24. The van der Waals surface area contributed by atoms with Crippen molar-refractivity contribution in [2.45, 2.75) is 6.61 Å². The molecule has 0 bridgehead atoms. The van der Waals surface area contributed by atoms with Crippen LogP contribution in [0.1, 0.15) is 15.9 Å². The van der Waals surface area contributed by atoms with Crippen LogP contribution in [0.25, 0.3) is 0 Å². The van der Waals surface area contributed by atoms with Gasteiger partial charge in [-0.25, -0.2) is 13.6 Å². The summed E-state index contributed by atoms with van der Waals surface area (Å²) < 4.78 is 31.3. The van der Waals surface area contributed by atoms with Crippen molar-refractivity contribution in [3.05, 3.63) is 64.2 Å². The average Bonchev–Trinajstić information content (AvgIpc) is 2.37. The maximum Gasteiger partial charge on any atom is 0.339 e. The molecule has 2 rings (SSSR count). The SMILES string of the molecule is O=C(O)c1ccc(F)cc1OCc1ccc(F)cc1Cl. The van der Waals surface area contributed by atoms with Crippen molar-refractivity contribution in [3.8, 4) is 5.75 Å². The van der Waals surface area contributed by atoms with Gasteiger partial charge in [0.15, 0.2) is 0 Å². The Bertz CT molecular complexity index is 659. The lowest BCUT2D eigenvalue weighted by molar-refractivity contribution is 0.0691. The first-order valence-electron chi connectivity index (χ1n) is 5.57. The van der Waals surface area contributed by atoms with E-state index in [4.69, 9.17) is 21.4 Å². The van der Waals surface area contributed by atoms with E-state index in [1.54, 1.807) is 0 Å². The second kappa shape index (κ2) is 5.88. The summed E-state index contributed by atoms with van der Waals surface area (Å²) in [6, 6.07) is 6.84. The Kier molecular flexibility index (Phi) is 4.20. The van der Waals surface area contributed by atoms with Gasteiger partial charge in [0.1, 0.15) is 29.6 Å². The summed E-state index contributed by atoms with van der Waals surface area (Å²) in [5, 5.41) is 9.12. The van der Waals surface area contributed by atoms with E-state index in [0.29, 0.717) is 5.56 Å². The molecule has 0 saturated carbocycles. The van der Waals surface area contributed by atoms with E-state index in [1.165, 1.54) is 12.1 Å². The molecule has 0 fully saturated rings. The molecule has 0 heterocycles. The number of benzene rings is 2. The van der Waals surface area contributed by atoms with Crippen LogP contribution in [0.15, 0.2) is 36.4 Å². The predicted molar refractivity (Wildman–Crippen MR) is 69.1 cm³/mol. The van der Waals surface area contributed by atoms with Crippen LogP contribution in [-0.4, -0.2) is 11.1 Å². The number of ether oxygens (including phenoxy) is 1. The Morgan fingerprint density at radius 2 is 1.80 bits per heavy atom. The number of aromatic carboxylic acids is 1. The summed E-state index contributed by atoms with van der Waals surface area (Å²) >= 11 is 5.82. The lowest BCUT2D eigenvalue weighted by atomic mass is 10.2. The van der Waals surface area contributed by atoms with Crippen molar-refractivity contribution in [1.82, 2.24) is 0 Å². The van der Waals surface area contributed by atoms with Crippen LogP contribution in [-0.2, 0) is 6.61 Å². The van der Waals surface area contributed by atoms with Gasteiger partial charge in [0.05, 0.1) is 5.02 Å². The Balaban J connectivity index is 2.22. The maximum atomic E-state index is 13.1. The molecule has 0 aromatic heterocycles. The van der Waals surface area contributed by atoms with E-state index in [2.05, 4.69) is 0 Å². The molecule has 0 aliphatic heterocycles. The minimum atomic E-state index is -1.23. The van der Waals surface area contributed by atoms with Crippen LogP contribution in [0.4, 0.5) is 8.78 Å². The highest BCUT2D eigenvalue weighted by Gasteiger charge is 2.13. The summed E-state index contributed by atoms with van der Waals surface area (Å²) in [6.07, 6.45) is 0. The summed E-state index contributed by atoms with van der Waals surface area (Å²) in [4.78, 5) is 11.0. The number of hydrogen-bond donors (Lipinski definition) is 1. The van der Waals surface area contributed by atoms with Crippen molar-refractivity contribution >= 4 is 17.6 Å². The molecule has 0 saturated heterocycles. The van der Waals surface area contributed by atoms with Gasteiger partial charge in [-0.15, -0.1) is 0 Å². The highest BCUT2D eigenvalue weighted by molar-refractivity contribution is 6.31. The minimum absolute atomic E-state index is 0.0944. The third-order valence-electron chi connectivity index (χ3n) is 2.57. The largest absolute Gasteiger partial charge is 0.488 e. The number of rotatable bonds is 4. The normalized spacial score (nSPS) is 10.3. The van der Waals surface area contributed by atoms with Crippen molar-refractivity contribution in [3.63, 3.8) is 0 Å². The van der Waals surface area contributed by atoms with E-state index < -0.39 is 17.6 Å². The summed E-state index contributed by atoms with van der Waals surface area (Å²) in [6.45, 7) is -0.0944. The molecule has 20 heavy (non-hydrogen) atoms. The number of halogens is 3. The zero-order chi connectivity index (χ0) is 14.7. The highest BCUT2D eigenvalue weighted by Crippen LogP contribution is 2.23. The van der Waals surface area contributed by atoms with Gasteiger partial charge in [-0.3, -0.25) is 0 Å². The van der Waals surface area contributed by atoms with Gasteiger partial charge in [0.25, 0.3) is 0 Å². The standard InChI is InChI=1S/C14H9ClF2O3/c15-12-5-9(16)2-1-8(12)7-20-13-6-10(17)3-4-11(13)14(18)19/h1-6H,7H2,(H,18,19). The predicted octanol–water partition coefficient (Wildman–Crippen LogP) is 3.90. The maximum absolute atomic E-state index is 13.1. The van der Waals surface area contributed by atoms with Crippen LogP contribution in [0.5, 0.6) is 5.75 Å². The first-order chi connectivity index (χ1) is 9.47. The monoisotopic (exact) mass is 298 g/mol. The summed E-state index contributed by atoms with van der Waals surface area (Å²) in [5.41, 5.74) is 0.304. The third-order valence-corrected chi connectivity index (χ3v) is 2.92. The minimum Gasteiger partial charge on any atom is -0.488 e. The molecule has 0 aliphatic carbocycles. The van der Waals surface area contributed by atoms with E-state index in [9.17, 15) is 13.6 Å². The quantitative estimate of drug-likeness (QED) is 0.931. The van der Waals surface area contributed by atoms with Gasteiger partial charge < -0.3 is 9.84 Å². The molecular formula is C14H9ClF2O3. The highest BCUT2D eigenvalue weighted by atomic mass is 35.5. The van der Waals surface area contributed by atoms with Crippen molar-refractivity contribution in [2.24, 2.45) is 0 Å². The Morgan fingerprint density at radius 1 is 1.15 bits per heavy atom. The number of carboxylic acids is 1. The van der Waals surface area contributed by atoms with E-state index in [-0.39, 0.29) is 22.9 Å². The Hall–Kier alpha value is -2.14. The Labute approximate surface area is 118 Å². The summed E-state index contributed by atoms with van der Waals surface area (Å²) in [7, 11) is 0. The first kappa shape index (κ1) is 14.3. The van der Waals surface area contributed by atoms with Gasteiger partial charge in [0, 0.05) is 11.6 Å². The molecule has 3 nitrogen and oxygen atoms in total. The van der Waals surface area contributed by atoms with Gasteiger partial charge in [0.2, 0.25) is 0 Å². The van der Waals surface area contributed by atoms with Crippen molar-refractivity contribution in [1.29, 1.82) is 0 Å². The van der Waals surface area contributed by atoms with E-state index in [1.807, 2.05) is 0 Å². The van der Waals surface area contributed by atoms with Crippen LogP contribution in [0, 0.1) is 11.6 Å². The van der Waals surface area contributed by atoms with E-state index in [0.717, 1.165) is 24.3 Å². The van der Waals surface area contributed by atoms with Gasteiger partial charge in [-0.1, -0.05) is 17.7 Å². The molecule has 2 aromatic rings. The van der Waals surface area contributed by atoms with Crippen LogP contribution in [0.2, 0.25) is 5.02 Å².